The molecule has 2 aromatic heterocycles. The molecule has 0 saturated carbocycles. The second kappa shape index (κ2) is 10.1. The third-order valence-corrected chi connectivity index (χ3v) is 4.33. The van der Waals surface area contributed by atoms with Crippen molar-refractivity contribution in [2.45, 2.75) is 38.5 Å². The predicted octanol–water partition coefficient (Wildman–Crippen LogP) is 0.757. The van der Waals surface area contributed by atoms with Gasteiger partial charge in [-0.15, -0.1) is 0 Å². The molecule has 1 atom stereocenters. The van der Waals surface area contributed by atoms with E-state index in [1.54, 1.807) is 20.5 Å². The molecule has 2 N–H and O–H groups in total. The molecule has 1 aliphatic rings. The second-order valence-electron chi connectivity index (χ2n) is 6.42. The van der Waals surface area contributed by atoms with Gasteiger partial charge in [-0.1, -0.05) is 0 Å². The van der Waals surface area contributed by atoms with Crippen molar-refractivity contribution in [1.29, 1.82) is 0 Å². The number of ether oxygens (including phenoxy) is 2. The first kappa shape index (κ1) is 19.4. The van der Waals surface area contributed by atoms with Gasteiger partial charge in [0.05, 0.1) is 26.0 Å². The molecule has 3 rings (SSSR count). The molecule has 0 radical (unpaired) electrons. The zero-order valence-corrected chi connectivity index (χ0v) is 16.0. The minimum atomic E-state index is 0.243. The number of aryl methyl sites for hydroxylation is 1. The molecule has 2 aromatic rings. The van der Waals surface area contributed by atoms with E-state index in [2.05, 4.69) is 25.7 Å². The summed E-state index contributed by atoms with van der Waals surface area (Å²) < 4.78 is 17.6. The minimum Gasteiger partial charge on any atom is -0.469 e. The maximum atomic E-state index is 5.38. The lowest BCUT2D eigenvalue weighted by Crippen LogP contribution is -2.47. The van der Waals surface area contributed by atoms with Gasteiger partial charge in [0.2, 0.25) is 0 Å². The van der Waals surface area contributed by atoms with Crippen LogP contribution in [0.4, 0.5) is 0 Å². The maximum Gasteiger partial charge on any atom is 0.191 e. The first-order valence-electron chi connectivity index (χ1n) is 9.26. The van der Waals surface area contributed by atoms with Gasteiger partial charge in [0.1, 0.15) is 18.2 Å². The van der Waals surface area contributed by atoms with Crippen LogP contribution in [-0.2, 0) is 35.5 Å². The van der Waals surface area contributed by atoms with Gasteiger partial charge in [-0.05, 0) is 18.6 Å². The highest BCUT2D eigenvalue weighted by atomic mass is 16.5. The molecule has 0 bridgehead atoms. The van der Waals surface area contributed by atoms with Crippen LogP contribution in [0, 0.1) is 0 Å². The fraction of sp³-hybridized carbons (Fsp3) is 0.611. The Kier molecular flexibility index (Phi) is 7.23. The summed E-state index contributed by atoms with van der Waals surface area (Å²) in [5.41, 5.74) is 0. The monoisotopic (exact) mass is 376 g/mol. The summed E-state index contributed by atoms with van der Waals surface area (Å²) in [5, 5.41) is 11.4. The number of fused-ring (bicyclic) bond motifs is 1. The number of methoxy groups -OCH3 is 2. The molecule has 1 unspecified atom stereocenters. The number of aromatic nitrogens is 3. The Hall–Kier alpha value is -2.39. The zero-order chi connectivity index (χ0) is 18.9. The molecular weight excluding hydrogens is 348 g/mol. The molecule has 0 spiro atoms. The summed E-state index contributed by atoms with van der Waals surface area (Å²) in [7, 11) is 3.33. The lowest BCUT2D eigenvalue weighted by atomic mass is 10.1. The number of aliphatic imine (C=N–C) groups is 1. The molecule has 3 heterocycles. The Morgan fingerprint density at radius 1 is 1.41 bits per heavy atom. The SMILES string of the molecule is COCCN=C(NCCc1ccco1)NC1CCc2nc(COC)nn2C1. The third-order valence-electron chi connectivity index (χ3n) is 4.33. The fourth-order valence-electron chi connectivity index (χ4n) is 3.02. The van der Waals surface area contributed by atoms with E-state index in [9.17, 15) is 0 Å². The highest BCUT2D eigenvalue weighted by Gasteiger charge is 2.22. The van der Waals surface area contributed by atoms with Gasteiger partial charge in [0.25, 0.3) is 0 Å². The standard InChI is InChI=1S/C18H28N6O3/c1-25-11-9-20-18(19-8-7-15-4-3-10-27-15)21-14-5-6-17-22-16(13-26-2)23-24(17)12-14/h3-4,10,14H,5-9,11-13H2,1-2H3,(H2,19,20,21). The van der Waals surface area contributed by atoms with E-state index in [1.807, 2.05) is 16.8 Å². The van der Waals surface area contributed by atoms with Crippen LogP contribution in [-0.4, -0.2) is 60.7 Å². The predicted molar refractivity (Wildman–Crippen MR) is 101 cm³/mol. The Morgan fingerprint density at radius 2 is 2.33 bits per heavy atom. The summed E-state index contributed by atoms with van der Waals surface area (Å²) in [6.07, 6.45) is 4.35. The van der Waals surface area contributed by atoms with Crippen molar-refractivity contribution in [3.8, 4) is 0 Å². The van der Waals surface area contributed by atoms with Crippen molar-refractivity contribution in [2.75, 3.05) is 33.9 Å². The first-order valence-corrected chi connectivity index (χ1v) is 9.26. The van der Waals surface area contributed by atoms with Crippen LogP contribution in [0.5, 0.6) is 0 Å². The van der Waals surface area contributed by atoms with Crippen LogP contribution in [0.3, 0.4) is 0 Å². The zero-order valence-electron chi connectivity index (χ0n) is 16.0. The number of rotatable bonds is 9. The van der Waals surface area contributed by atoms with Gasteiger partial charge < -0.3 is 24.5 Å². The van der Waals surface area contributed by atoms with Gasteiger partial charge in [-0.25, -0.2) is 9.67 Å². The van der Waals surface area contributed by atoms with Crippen molar-refractivity contribution in [3.63, 3.8) is 0 Å². The Bertz CT molecular complexity index is 713. The number of nitrogens with zero attached hydrogens (tertiary/aromatic N) is 4. The van der Waals surface area contributed by atoms with E-state index < -0.39 is 0 Å². The van der Waals surface area contributed by atoms with E-state index in [0.717, 1.165) is 55.7 Å². The first-order chi connectivity index (χ1) is 13.3. The van der Waals surface area contributed by atoms with Crippen LogP contribution < -0.4 is 10.6 Å². The lowest BCUT2D eigenvalue weighted by Gasteiger charge is -2.25. The number of hydrogen-bond donors (Lipinski definition) is 2. The van der Waals surface area contributed by atoms with Gasteiger partial charge in [0, 0.05) is 39.6 Å². The topological polar surface area (TPSA) is 98.7 Å². The number of hydrogen-bond acceptors (Lipinski definition) is 6. The van der Waals surface area contributed by atoms with Crippen molar-refractivity contribution >= 4 is 5.96 Å². The highest BCUT2D eigenvalue weighted by Crippen LogP contribution is 2.13. The van der Waals surface area contributed by atoms with Gasteiger partial charge in [0.15, 0.2) is 11.8 Å². The molecule has 9 heteroatoms. The number of nitrogens with one attached hydrogen (secondary N) is 2. The molecule has 27 heavy (non-hydrogen) atoms. The summed E-state index contributed by atoms with van der Waals surface area (Å²) in [6.45, 7) is 3.13. The molecule has 0 aromatic carbocycles. The van der Waals surface area contributed by atoms with Crippen molar-refractivity contribution in [1.82, 2.24) is 25.4 Å². The van der Waals surface area contributed by atoms with Gasteiger partial charge in [-0.2, -0.15) is 5.10 Å². The molecule has 0 saturated heterocycles. The molecule has 148 valence electrons. The summed E-state index contributed by atoms with van der Waals surface area (Å²) in [5.74, 6) is 3.49. The molecule has 9 nitrogen and oxygen atoms in total. The minimum absolute atomic E-state index is 0.243. The van der Waals surface area contributed by atoms with E-state index in [1.165, 1.54) is 0 Å². The van der Waals surface area contributed by atoms with Crippen molar-refractivity contribution < 1.29 is 13.9 Å². The quantitative estimate of drug-likeness (QED) is 0.379. The van der Waals surface area contributed by atoms with Crippen LogP contribution in [0.25, 0.3) is 0 Å². The average Bonchev–Trinajstić information content (AvgIpc) is 3.31. The van der Waals surface area contributed by atoms with Crippen LogP contribution in [0.15, 0.2) is 27.8 Å². The van der Waals surface area contributed by atoms with Crippen molar-refractivity contribution in [2.24, 2.45) is 4.99 Å². The average molecular weight is 376 g/mol. The van der Waals surface area contributed by atoms with E-state index in [-0.39, 0.29) is 6.04 Å². The highest BCUT2D eigenvalue weighted by molar-refractivity contribution is 5.80. The Balaban J connectivity index is 1.55. The summed E-state index contributed by atoms with van der Waals surface area (Å²) >= 11 is 0. The smallest absolute Gasteiger partial charge is 0.191 e. The second-order valence-corrected chi connectivity index (χ2v) is 6.42. The van der Waals surface area contributed by atoms with Crippen LogP contribution in [0.2, 0.25) is 0 Å². The van der Waals surface area contributed by atoms with Crippen LogP contribution >= 0.6 is 0 Å². The van der Waals surface area contributed by atoms with Gasteiger partial charge >= 0.3 is 0 Å². The van der Waals surface area contributed by atoms with Crippen LogP contribution in [0.1, 0.15) is 23.8 Å². The fourth-order valence-corrected chi connectivity index (χ4v) is 3.02. The number of furan rings is 1. The van der Waals surface area contributed by atoms with E-state index in [0.29, 0.717) is 19.8 Å². The lowest BCUT2D eigenvalue weighted by molar-refractivity contribution is 0.177. The van der Waals surface area contributed by atoms with E-state index in [4.69, 9.17) is 13.9 Å². The Labute approximate surface area is 159 Å². The largest absolute Gasteiger partial charge is 0.469 e. The van der Waals surface area contributed by atoms with Gasteiger partial charge in [-0.3, -0.25) is 4.99 Å². The normalized spacial score (nSPS) is 17.0. The Morgan fingerprint density at radius 3 is 3.11 bits per heavy atom. The van der Waals surface area contributed by atoms with Crippen molar-refractivity contribution in [3.05, 3.63) is 35.8 Å². The van der Waals surface area contributed by atoms with E-state index >= 15 is 0 Å². The summed E-state index contributed by atoms with van der Waals surface area (Å²) in [6, 6.07) is 4.12. The summed E-state index contributed by atoms with van der Waals surface area (Å²) in [4.78, 5) is 9.11. The molecule has 0 amide bonds. The molecule has 1 aliphatic heterocycles. The maximum absolute atomic E-state index is 5.38. The third kappa shape index (κ3) is 5.80. The molecule has 0 aliphatic carbocycles. The number of guanidine groups is 1. The molecular formula is C18H28N6O3. The molecule has 0 fully saturated rings.